The van der Waals surface area contributed by atoms with Gasteiger partial charge in [0.2, 0.25) is 0 Å². The maximum atomic E-state index is 11.0. The molecule has 1 aromatic rings. The third kappa shape index (κ3) is 3.84. The Morgan fingerprint density at radius 2 is 1.78 bits per heavy atom. The van der Waals surface area contributed by atoms with Crippen molar-refractivity contribution >= 4 is 5.97 Å². The lowest BCUT2D eigenvalue weighted by atomic mass is 9.93. The lowest BCUT2D eigenvalue weighted by molar-refractivity contribution is -0.142. The third-order valence-corrected chi connectivity index (χ3v) is 3.18. The van der Waals surface area contributed by atoms with Crippen LogP contribution in [0, 0.1) is 11.8 Å². The summed E-state index contributed by atoms with van der Waals surface area (Å²) in [5, 5.41) is 12.2. The van der Waals surface area contributed by atoms with Gasteiger partial charge in [-0.3, -0.25) is 4.79 Å². The molecule has 0 aromatic heterocycles. The highest BCUT2D eigenvalue weighted by Gasteiger charge is 2.23. The van der Waals surface area contributed by atoms with Crippen LogP contribution >= 0.6 is 0 Å². The summed E-state index contributed by atoms with van der Waals surface area (Å²) in [4.78, 5) is 11.0. The van der Waals surface area contributed by atoms with Gasteiger partial charge < -0.3 is 10.4 Å². The van der Waals surface area contributed by atoms with E-state index in [0.29, 0.717) is 5.92 Å². The first-order chi connectivity index (χ1) is 8.45. The van der Waals surface area contributed by atoms with Gasteiger partial charge >= 0.3 is 5.97 Å². The van der Waals surface area contributed by atoms with Crippen LogP contribution in [0.4, 0.5) is 0 Å². The molecule has 2 atom stereocenters. The molecule has 0 bridgehead atoms. The molecule has 0 heterocycles. The van der Waals surface area contributed by atoms with Crippen molar-refractivity contribution in [1.82, 2.24) is 5.32 Å². The molecular formula is C15H23NO2. The predicted octanol–water partition coefficient (Wildman–Crippen LogP) is 2.87. The van der Waals surface area contributed by atoms with Gasteiger partial charge in [0.15, 0.2) is 0 Å². The SMILES string of the molecule is CNC(c1ccc(CC(C)C)cc1)C(C)C(=O)O. The Hall–Kier alpha value is -1.35. The van der Waals surface area contributed by atoms with Crippen LogP contribution in [0.1, 0.15) is 37.9 Å². The Morgan fingerprint density at radius 3 is 2.17 bits per heavy atom. The van der Waals surface area contributed by atoms with Crippen LogP contribution in [-0.2, 0) is 11.2 Å². The Bertz CT molecular complexity index is 384. The fourth-order valence-corrected chi connectivity index (χ4v) is 2.18. The Balaban J connectivity index is 2.85. The summed E-state index contributed by atoms with van der Waals surface area (Å²) >= 11 is 0. The molecule has 0 aliphatic heterocycles. The molecule has 0 amide bonds. The molecule has 0 aliphatic rings. The van der Waals surface area contributed by atoms with Crippen LogP contribution in [0.25, 0.3) is 0 Å². The highest BCUT2D eigenvalue weighted by Crippen LogP contribution is 2.22. The van der Waals surface area contributed by atoms with Gasteiger partial charge in [0.25, 0.3) is 0 Å². The van der Waals surface area contributed by atoms with E-state index in [0.717, 1.165) is 12.0 Å². The van der Waals surface area contributed by atoms with Gasteiger partial charge in [0, 0.05) is 6.04 Å². The zero-order valence-corrected chi connectivity index (χ0v) is 11.6. The first kappa shape index (κ1) is 14.7. The van der Waals surface area contributed by atoms with Crippen molar-refractivity contribution in [3.63, 3.8) is 0 Å². The Morgan fingerprint density at radius 1 is 1.22 bits per heavy atom. The zero-order chi connectivity index (χ0) is 13.7. The number of benzene rings is 1. The molecule has 18 heavy (non-hydrogen) atoms. The minimum absolute atomic E-state index is 0.143. The molecule has 3 heteroatoms. The first-order valence-corrected chi connectivity index (χ1v) is 6.44. The molecule has 0 radical (unpaired) electrons. The van der Waals surface area contributed by atoms with Crippen molar-refractivity contribution in [3.8, 4) is 0 Å². The van der Waals surface area contributed by atoms with E-state index in [9.17, 15) is 4.79 Å². The van der Waals surface area contributed by atoms with E-state index in [1.807, 2.05) is 12.1 Å². The van der Waals surface area contributed by atoms with Gasteiger partial charge in [-0.15, -0.1) is 0 Å². The number of hydrogen-bond acceptors (Lipinski definition) is 2. The Kier molecular flexibility index (Phi) is 5.35. The summed E-state index contributed by atoms with van der Waals surface area (Å²) in [6.45, 7) is 6.11. The fourth-order valence-electron chi connectivity index (χ4n) is 2.18. The van der Waals surface area contributed by atoms with Crippen LogP contribution in [0.15, 0.2) is 24.3 Å². The number of carboxylic acid groups (broad SMARTS) is 1. The molecule has 100 valence electrons. The maximum Gasteiger partial charge on any atom is 0.308 e. The molecule has 2 unspecified atom stereocenters. The highest BCUT2D eigenvalue weighted by molar-refractivity contribution is 5.70. The fraction of sp³-hybridized carbons (Fsp3) is 0.533. The van der Waals surface area contributed by atoms with E-state index >= 15 is 0 Å². The summed E-state index contributed by atoms with van der Waals surface area (Å²) < 4.78 is 0. The van der Waals surface area contributed by atoms with Gasteiger partial charge in [-0.1, -0.05) is 45.0 Å². The van der Waals surface area contributed by atoms with Gasteiger partial charge in [0.1, 0.15) is 0 Å². The van der Waals surface area contributed by atoms with E-state index in [-0.39, 0.29) is 6.04 Å². The van der Waals surface area contributed by atoms with E-state index in [2.05, 4.69) is 31.3 Å². The molecule has 0 fully saturated rings. The summed E-state index contributed by atoms with van der Waals surface area (Å²) in [6.07, 6.45) is 1.05. The summed E-state index contributed by atoms with van der Waals surface area (Å²) in [5.74, 6) is -0.583. The molecule has 0 spiro atoms. The second kappa shape index (κ2) is 6.55. The molecule has 3 nitrogen and oxygen atoms in total. The van der Waals surface area contributed by atoms with Gasteiger partial charge in [0.05, 0.1) is 5.92 Å². The summed E-state index contributed by atoms with van der Waals surface area (Å²) in [5.41, 5.74) is 2.33. The van der Waals surface area contributed by atoms with Crippen LogP contribution in [-0.4, -0.2) is 18.1 Å². The second-order valence-electron chi connectivity index (χ2n) is 5.23. The number of nitrogens with one attached hydrogen (secondary N) is 1. The lowest BCUT2D eigenvalue weighted by Gasteiger charge is -2.21. The van der Waals surface area contributed by atoms with Crippen LogP contribution in [0.5, 0.6) is 0 Å². The van der Waals surface area contributed by atoms with E-state index in [4.69, 9.17) is 5.11 Å². The predicted molar refractivity (Wildman–Crippen MR) is 73.6 cm³/mol. The largest absolute Gasteiger partial charge is 0.481 e. The molecule has 0 saturated heterocycles. The molecule has 1 rings (SSSR count). The van der Waals surface area contributed by atoms with Crippen molar-refractivity contribution in [1.29, 1.82) is 0 Å². The molecule has 1 aromatic carbocycles. The minimum atomic E-state index is -0.777. The average molecular weight is 249 g/mol. The molecule has 0 aliphatic carbocycles. The quantitative estimate of drug-likeness (QED) is 0.815. The van der Waals surface area contributed by atoms with E-state index in [1.165, 1.54) is 5.56 Å². The minimum Gasteiger partial charge on any atom is -0.481 e. The van der Waals surface area contributed by atoms with Crippen LogP contribution in [0.3, 0.4) is 0 Å². The first-order valence-electron chi connectivity index (χ1n) is 6.44. The zero-order valence-electron chi connectivity index (χ0n) is 11.6. The van der Waals surface area contributed by atoms with Crippen LogP contribution in [0.2, 0.25) is 0 Å². The second-order valence-corrected chi connectivity index (χ2v) is 5.23. The Labute approximate surface area is 109 Å². The van der Waals surface area contributed by atoms with Crippen molar-refractivity contribution in [3.05, 3.63) is 35.4 Å². The van der Waals surface area contributed by atoms with Crippen molar-refractivity contribution < 1.29 is 9.90 Å². The number of hydrogen-bond donors (Lipinski definition) is 2. The normalized spacial score (nSPS) is 14.5. The van der Waals surface area contributed by atoms with Crippen molar-refractivity contribution in [2.45, 2.75) is 33.2 Å². The summed E-state index contributed by atoms with van der Waals surface area (Å²) in [7, 11) is 1.80. The molecule has 2 N–H and O–H groups in total. The topological polar surface area (TPSA) is 49.3 Å². The third-order valence-electron chi connectivity index (χ3n) is 3.18. The highest BCUT2D eigenvalue weighted by atomic mass is 16.4. The number of aliphatic carboxylic acids is 1. The van der Waals surface area contributed by atoms with Crippen LogP contribution < -0.4 is 5.32 Å². The van der Waals surface area contributed by atoms with E-state index < -0.39 is 11.9 Å². The maximum absolute atomic E-state index is 11.0. The molecule has 0 saturated carbocycles. The van der Waals surface area contributed by atoms with Crippen molar-refractivity contribution in [2.24, 2.45) is 11.8 Å². The van der Waals surface area contributed by atoms with Gasteiger partial charge in [-0.05, 0) is 30.5 Å². The van der Waals surface area contributed by atoms with Gasteiger partial charge in [-0.25, -0.2) is 0 Å². The smallest absolute Gasteiger partial charge is 0.308 e. The number of carboxylic acids is 1. The average Bonchev–Trinajstić information content (AvgIpc) is 2.31. The number of rotatable bonds is 6. The van der Waals surface area contributed by atoms with Crippen molar-refractivity contribution in [2.75, 3.05) is 7.05 Å². The standard InChI is InChI=1S/C15H23NO2/c1-10(2)9-12-5-7-13(8-6-12)14(16-4)11(3)15(17)18/h5-8,10-11,14,16H,9H2,1-4H3,(H,17,18). The van der Waals surface area contributed by atoms with E-state index in [1.54, 1.807) is 14.0 Å². The lowest BCUT2D eigenvalue weighted by Crippen LogP contribution is -2.28. The van der Waals surface area contributed by atoms with Gasteiger partial charge in [-0.2, -0.15) is 0 Å². The monoisotopic (exact) mass is 249 g/mol. The number of carbonyl (C=O) groups is 1. The summed E-state index contributed by atoms with van der Waals surface area (Å²) in [6, 6.07) is 8.09. The molecular weight excluding hydrogens is 226 g/mol.